The van der Waals surface area contributed by atoms with Gasteiger partial charge in [0, 0.05) is 0 Å². The third-order valence-corrected chi connectivity index (χ3v) is 4.09. The summed E-state index contributed by atoms with van der Waals surface area (Å²) in [6.07, 6.45) is 1.44. The lowest BCUT2D eigenvalue weighted by Crippen LogP contribution is -2.33. The SMILES string of the molecule is O=C(O)CN1C(=O)/C(=C\c2ccc(Cl)c(F)c2)SC1=S. The van der Waals surface area contributed by atoms with Crippen LogP contribution < -0.4 is 0 Å². The van der Waals surface area contributed by atoms with E-state index in [2.05, 4.69) is 0 Å². The van der Waals surface area contributed by atoms with Gasteiger partial charge in [0.1, 0.15) is 16.7 Å². The summed E-state index contributed by atoms with van der Waals surface area (Å²) < 4.78 is 13.5. The number of thioether (sulfide) groups is 1. The van der Waals surface area contributed by atoms with Gasteiger partial charge in [0.15, 0.2) is 0 Å². The highest BCUT2D eigenvalue weighted by Crippen LogP contribution is 2.32. The van der Waals surface area contributed by atoms with E-state index in [1.54, 1.807) is 6.07 Å². The highest BCUT2D eigenvalue weighted by Gasteiger charge is 2.33. The van der Waals surface area contributed by atoms with Crippen LogP contribution in [-0.2, 0) is 9.59 Å². The molecule has 0 aliphatic carbocycles. The van der Waals surface area contributed by atoms with E-state index in [1.807, 2.05) is 0 Å². The van der Waals surface area contributed by atoms with Crippen LogP contribution in [0.5, 0.6) is 0 Å². The van der Waals surface area contributed by atoms with E-state index >= 15 is 0 Å². The van der Waals surface area contributed by atoms with Gasteiger partial charge in [0.25, 0.3) is 5.91 Å². The van der Waals surface area contributed by atoms with Crippen LogP contribution in [0.15, 0.2) is 23.1 Å². The lowest BCUT2D eigenvalue weighted by atomic mass is 10.2. The maximum absolute atomic E-state index is 13.3. The minimum Gasteiger partial charge on any atom is -0.480 e. The van der Waals surface area contributed by atoms with Gasteiger partial charge in [0.05, 0.1) is 9.93 Å². The standard InChI is InChI=1S/C12H7ClFNO3S2/c13-7-2-1-6(3-8(7)14)4-9-11(18)15(5-10(16)17)12(19)20-9/h1-4H,5H2,(H,16,17)/b9-4+. The van der Waals surface area contributed by atoms with E-state index in [1.165, 1.54) is 18.2 Å². The molecule has 1 aliphatic rings. The van der Waals surface area contributed by atoms with E-state index in [-0.39, 0.29) is 14.2 Å². The smallest absolute Gasteiger partial charge is 0.323 e. The Morgan fingerprint density at radius 2 is 2.25 bits per heavy atom. The monoisotopic (exact) mass is 331 g/mol. The van der Waals surface area contributed by atoms with E-state index in [0.29, 0.717) is 5.56 Å². The number of carboxylic acid groups (broad SMARTS) is 1. The molecule has 0 bridgehead atoms. The Hall–Kier alpha value is -1.44. The molecule has 0 aromatic heterocycles. The van der Waals surface area contributed by atoms with Gasteiger partial charge < -0.3 is 5.11 Å². The fourth-order valence-electron chi connectivity index (χ4n) is 1.53. The normalized spacial score (nSPS) is 17.1. The van der Waals surface area contributed by atoms with Crippen LogP contribution in [0.25, 0.3) is 6.08 Å². The number of carbonyl (C=O) groups excluding carboxylic acids is 1. The molecular weight excluding hydrogens is 325 g/mol. The van der Waals surface area contributed by atoms with Crippen molar-refractivity contribution in [3.8, 4) is 0 Å². The van der Waals surface area contributed by atoms with E-state index in [0.717, 1.165) is 16.7 Å². The molecule has 0 radical (unpaired) electrons. The molecule has 0 atom stereocenters. The third-order valence-electron chi connectivity index (χ3n) is 2.41. The number of benzene rings is 1. The number of rotatable bonds is 3. The maximum Gasteiger partial charge on any atom is 0.323 e. The lowest BCUT2D eigenvalue weighted by Gasteiger charge is -2.10. The van der Waals surface area contributed by atoms with Crippen molar-refractivity contribution in [3.05, 3.63) is 39.5 Å². The van der Waals surface area contributed by atoms with E-state index in [4.69, 9.17) is 28.9 Å². The molecule has 1 aromatic carbocycles. The van der Waals surface area contributed by atoms with Crippen LogP contribution in [0.1, 0.15) is 5.56 Å². The average molecular weight is 332 g/mol. The number of carbonyl (C=O) groups is 2. The summed E-state index contributed by atoms with van der Waals surface area (Å²) in [6.45, 7) is -0.489. The van der Waals surface area contributed by atoms with Gasteiger partial charge in [-0.15, -0.1) is 0 Å². The number of carboxylic acids is 1. The lowest BCUT2D eigenvalue weighted by molar-refractivity contribution is -0.140. The number of thiocarbonyl (C=S) groups is 1. The van der Waals surface area contributed by atoms with E-state index in [9.17, 15) is 14.0 Å². The fourth-order valence-corrected chi connectivity index (χ4v) is 2.90. The number of amides is 1. The Balaban J connectivity index is 2.27. The second kappa shape index (κ2) is 5.90. The zero-order chi connectivity index (χ0) is 14.9. The van der Waals surface area contributed by atoms with Gasteiger partial charge >= 0.3 is 5.97 Å². The molecule has 2 rings (SSSR count). The molecule has 1 N–H and O–H groups in total. The summed E-state index contributed by atoms with van der Waals surface area (Å²) in [6, 6.07) is 4.11. The molecule has 20 heavy (non-hydrogen) atoms. The number of aliphatic carboxylic acids is 1. The Morgan fingerprint density at radius 3 is 2.85 bits per heavy atom. The summed E-state index contributed by atoms with van der Waals surface area (Å²) in [5.41, 5.74) is 0.447. The summed E-state index contributed by atoms with van der Waals surface area (Å²) in [4.78, 5) is 23.9. The molecule has 1 saturated heterocycles. The number of nitrogens with zero attached hydrogens (tertiary/aromatic N) is 1. The first-order chi connectivity index (χ1) is 9.38. The molecule has 1 heterocycles. The zero-order valence-electron chi connectivity index (χ0n) is 9.80. The molecule has 8 heteroatoms. The molecule has 1 aromatic rings. The molecule has 1 fully saturated rings. The maximum atomic E-state index is 13.3. The first-order valence-corrected chi connectivity index (χ1v) is 6.91. The van der Waals surface area contributed by atoms with Gasteiger partial charge in [-0.1, -0.05) is 41.6 Å². The van der Waals surface area contributed by atoms with Gasteiger partial charge in [0.2, 0.25) is 0 Å². The quantitative estimate of drug-likeness (QED) is 0.682. The Kier molecular flexibility index (Phi) is 4.42. The van der Waals surface area contributed by atoms with Crippen LogP contribution in [0.3, 0.4) is 0 Å². The second-order valence-corrected chi connectivity index (χ2v) is 5.92. The molecule has 0 saturated carbocycles. The Morgan fingerprint density at radius 1 is 1.55 bits per heavy atom. The average Bonchev–Trinajstić information content (AvgIpc) is 2.61. The fraction of sp³-hybridized carbons (Fsp3) is 0.0833. The van der Waals surface area contributed by atoms with Crippen molar-refractivity contribution in [1.82, 2.24) is 4.90 Å². The first kappa shape index (κ1) is 15.0. The highest BCUT2D eigenvalue weighted by molar-refractivity contribution is 8.26. The van der Waals surface area contributed by atoms with Crippen LogP contribution in [0, 0.1) is 5.82 Å². The van der Waals surface area contributed by atoms with Crippen molar-refractivity contribution < 1.29 is 19.1 Å². The third kappa shape index (κ3) is 3.17. The van der Waals surface area contributed by atoms with Crippen LogP contribution in [0.2, 0.25) is 5.02 Å². The van der Waals surface area contributed by atoms with Gasteiger partial charge in [-0.2, -0.15) is 0 Å². The van der Waals surface area contributed by atoms with Crippen molar-refractivity contribution in [3.63, 3.8) is 0 Å². The molecule has 1 amide bonds. The predicted octanol–water partition coefficient (Wildman–Crippen LogP) is 2.76. The highest BCUT2D eigenvalue weighted by atomic mass is 35.5. The van der Waals surface area contributed by atoms with Gasteiger partial charge in [-0.05, 0) is 23.8 Å². The first-order valence-electron chi connectivity index (χ1n) is 5.30. The Labute approximate surface area is 128 Å². The van der Waals surface area contributed by atoms with Crippen molar-refractivity contribution in [1.29, 1.82) is 0 Å². The van der Waals surface area contributed by atoms with Crippen LogP contribution in [-0.4, -0.2) is 32.7 Å². The van der Waals surface area contributed by atoms with Crippen molar-refractivity contribution >= 4 is 57.9 Å². The summed E-state index contributed by atoms with van der Waals surface area (Å²) >= 11 is 11.5. The summed E-state index contributed by atoms with van der Waals surface area (Å²) in [7, 11) is 0. The summed E-state index contributed by atoms with van der Waals surface area (Å²) in [5.74, 6) is -2.25. The minimum absolute atomic E-state index is 0.0134. The largest absolute Gasteiger partial charge is 0.480 e. The predicted molar refractivity (Wildman–Crippen MR) is 78.9 cm³/mol. The van der Waals surface area contributed by atoms with Crippen molar-refractivity contribution in [2.75, 3.05) is 6.54 Å². The number of halogens is 2. The van der Waals surface area contributed by atoms with Crippen LogP contribution >= 0.6 is 35.6 Å². The minimum atomic E-state index is -1.15. The summed E-state index contributed by atoms with van der Waals surface area (Å²) in [5, 5.41) is 8.69. The molecule has 0 unspecified atom stereocenters. The number of hydrogen-bond acceptors (Lipinski definition) is 4. The molecule has 104 valence electrons. The topological polar surface area (TPSA) is 57.6 Å². The molecule has 0 spiro atoms. The zero-order valence-corrected chi connectivity index (χ0v) is 12.2. The van der Waals surface area contributed by atoms with Crippen LogP contribution in [0.4, 0.5) is 4.39 Å². The van der Waals surface area contributed by atoms with E-state index < -0.39 is 24.2 Å². The second-order valence-electron chi connectivity index (χ2n) is 3.84. The molecular formula is C12H7ClFNO3S2. The Bertz CT molecular complexity index is 648. The van der Waals surface area contributed by atoms with Crippen molar-refractivity contribution in [2.45, 2.75) is 0 Å². The van der Waals surface area contributed by atoms with Gasteiger partial charge in [-0.3, -0.25) is 14.5 Å². The van der Waals surface area contributed by atoms with Crippen molar-refractivity contribution in [2.24, 2.45) is 0 Å². The molecule has 4 nitrogen and oxygen atoms in total. The van der Waals surface area contributed by atoms with Gasteiger partial charge in [-0.25, -0.2) is 4.39 Å². The number of hydrogen-bond donors (Lipinski definition) is 1. The molecule has 1 aliphatic heterocycles.